The number of carbonyl (C=O) groups is 1. The van der Waals surface area contributed by atoms with Crippen molar-refractivity contribution in [3.8, 4) is 0 Å². The Morgan fingerprint density at radius 3 is 2.93 bits per heavy atom. The fourth-order valence-corrected chi connectivity index (χ4v) is 4.36. The van der Waals surface area contributed by atoms with Crippen LogP contribution in [0.4, 0.5) is 20.1 Å². The van der Waals surface area contributed by atoms with E-state index >= 15 is 0 Å². The Bertz CT molecular complexity index is 994. The van der Waals surface area contributed by atoms with Gasteiger partial charge in [0.1, 0.15) is 0 Å². The molecule has 1 fully saturated rings. The molecule has 0 saturated carbocycles. The van der Waals surface area contributed by atoms with Crippen LogP contribution in [0, 0.1) is 5.82 Å². The second-order valence-electron chi connectivity index (χ2n) is 7.03. The second kappa shape index (κ2) is 8.30. The van der Waals surface area contributed by atoms with Crippen molar-refractivity contribution in [2.24, 2.45) is 0 Å². The number of rotatable bonds is 4. The van der Waals surface area contributed by atoms with Gasteiger partial charge in [-0.15, -0.1) is 0 Å². The van der Waals surface area contributed by atoms with Crippen LogP contribution in [0.2, 0.25) is 0 Å². The fraction of sp³-hybridized carbons (Fsp3) is 0.350. The molecule has 0 spiro atoms. The summed E-state index contributed by atoms with van der Waals surface area (Å²) < 4.78 is 15.5. The lowest BCUT2D eigenvalue weighted by atomic mass is 10.1. The average molecular weight is 415 g/mol. The topological polar surface area (TPSA) is 81.6 Å². The van der Waals surface area contributed by atoms with Gasteiger partial charge in [-0.25, -0.2) is 19.2 Å². The predicted molar refractivity (Wildman–Crippen MR) is 112 cm³/mol. The molecule has 29 heavy (non-hydrogen) atoms. The number of amides is 2. The lowest BCUT2D eigenvalue weighted by Crippen LogP contribution is -2.55. The van der Waals surface area contributed by atoms with Crippen molar-refractivity contribution in [3.05, 3.63) is 47.9 Å². The number of nitrogens with zero attached hydrogens (tertiary/aromatic N) is 4. The Balaban J connectivity index is 1.41. The predicted octanol–water partition coefficient (Wildman–Crippen LogP) is 3.11. The zero-order chi connectivity index (χ0) is 20.4. The van der Waals surface area contributed by atoms with Crippen LogP contribution in [0.3, 0.4) is 0 Å². The molecule has 2 amide bonds. The summed E-state index contributed by atoms with van der Waals surface area (Å²) in [4.78, 5) is 25.0. The van der Waals surface area contributed by atoms with Crippen molar-refractivity contribution in [2.45, 2.75) is 19.4 Å². The van der Waals surface area contributed by atoms with E-state index in [1.165, 1.54) is 17.4 Å². The Kier molecular flexibility index (Phi) is 5.59. The van der Waals surface area contributed by atoms with Gasteiger partial charge in [-0.1, -0.05) is 23.5 Å². The third-order valence-corrected chi connectivity index (χ3v) is 5.93. The van der Waals surface area contributed by atoms with Crippen molar-refractivity contribution in [3.63, 3.8) is 0 Å². The molecule has 0 bridgehead atoms. The van der Waals surface area contributed by atoms with Gasteiger partial charge in [0.05, 0.1) is 10.2 Å². The van der Waals surface area contributed by atoms with E-state index < -0.39 is 5.82 Å². The molecule has 1 aliphatic heterocycles. The molecule has 2 N–H and O–H groups in total. The van der Waals surface area contributed by atoms with Gasteiger partial charge in [-0.3, -0.25) is 5.32 Å². The number of benzene rings is 1. The van der Waals surface area contributed by atoms with Gasteiger partial charge in [-0.05, 0) is 37.1 Å². The summed E-state index contributed by atoms with van der Waals surface area (Å²) in [5.74, 6) is -0.125. The van der Waals surface area contributed by atoms with Crippen molar-refractivity contribution >= 4 is 38.5 Å². The van der Waals surface area contributed by atoms with Crippen molar-refractivity contribution in [1.82, 2.24) is 14.9 Å². The largest absolute Gasteiger partial charge is 0.396 e. The minimum Gasteiger partial charge on any atom is -0.396 e. The van der Waals surface area contributed by atoms with Crippen LogP contribution < -0.4 is 10.2 Å². The maximum atomic E-state index is 14.4. The Morgan fingerprint density at radius 2 is 2.21 bits per heavy atom. The zero-order valence-corrected chi connectivity index (χ0v) is 16.8. The molecular formula is C20H22FN5O2S. The first kappa shape index (κ1) is 19.5. The molecule has 2 aromatic heterocycles. The molecule has 1 saturated heterocycles. The number of carbonyl (C=O) groups excluding carboxylic acids is 1. The monoisotopic (exact) mass is 415 g/mol. The Labute approximate surface area is 171 Å². The number of aromatic nitrogens is 2. The van der Waals surface area contributed by atoms with Crippen LogP contribution in [0.25, 0.3) is 10.2 Å². The van der Waals surface area contributed by atoms with E-state index in [2.05, 4.69) is 15.3 Å². The molecule has 7 nitrogen and oxygen atoms in total. The van der Waals surface area contributed by atoms with Crippen LogP contribution in [0.1, 0.15) is 12.5 Å². The molecule has 1 atom stereocenters. The smallest absolute Gasteiger partial charge is 0.324 e. The van der Waals surface area contributed by atoms with Crippen LogP contribution in [-0.2, 0) is 6.42 Å². The summed E-state index contributed by atoms with van der Waals surface area (Å²) in [5.41, 5.74) is 1.52. The van der Waals surface area contributed by atoms with Gasteiger partial charge in [0, 0.05) is 38.5 Å². The SMILES string of the molecule is CC1CN(c2ncc(CCO)cc2F)CCN1C(=O)Nc1nc2ccccc2s1. The number of hydrogen-bond acceptors (Lipinski definition) is 6. The molecule has 1 aromatic carbocycles. The van der Waals surface area contributed by atoms with Gasteiger partial charge in [0.2, 0.25) is 0 Å². The standard InChI is InChI=1S/C20H22FN5O2S/c1-13-12-25(18-15(21)10-14(6-9-27)11-22-18)7-8-26(13)20(28)24-19-23-16-4-2-3-5-17(16)29-19/h2-5,10-11,13,27H,6-9,12H2,1H3,(H,23,24,28). The normalized spacial score (nSPS) is 17.0. The molecule has 0 aliphatic carbocycles. The lowest BCUT2D eigenvalue weighted by molar-refractivity contribution is 0.184. The number of aliphatic hydroxyl groups excluding tert-OH is 1. The number of para-hydroxylation sites is 1. The number of hydrogen-bond donors (Lipinski definition) is 2. The highest BCUT2D eigenvalue weighted by Crippen LogP contribution is 2.26. The van der Waals surface area contributed by atoms with E-state index in [4.69, 9.17) is 5.11 Å². The van der Waals surface area contributed by atoms with E-state index in [9.17, 15) is 9.18 Å². The summed E-state index contributed by atoms with van der Waals surface area (Å²) in [6.45, 7) is 3.32. The number of nitrogens with one attached hydrogen (secondary N) is 1. The fourth-order valence-electron chi connectivity index (χ4n) is 3.51. The number of anilines is 2. The number of fused-ring (bicyclic) bond motifs is 1. The molecule has 4 rings (SSSR count). The second-order valence-corrected chi connectivity index (χ2v) is 8.06. The number of piperazine rings is 1. The molecule has 9 heteroatoms. The van der Waals surface area contributed by atoms with Crippen molar-refractivity contribution in [2.75, 3.05) is 36.5 Å². The number of aliphatic hydroxyl groups is 1. The summed E-state index contributed by atoms with van der Waals surface area (Å²) in [7, 11) is 0. The van der Waals surface area contributed by atoms with Gasteiger partial charge in [-0.2, -0.15) is 0 Å². The van der Waals surface area contributed by atoms with Crippen LogP contribution >= 0.6 is 11.3 Å². The first-order chi connectivity index (χ1) is 14.0. The maximum absolute atomic E-state index is 14.4. The van der Waals surface area contributed by atoms with Crippen molar-refractivity contribution in [1.29, 1.82) is 0 Å². The highest BCUT2D eigenvalue weighted by atomic mass is 32.1. The number of pyridine rings is 1. The molecule has 3 heterocycles. The quantitative estimate of drug-likeness (QED) is 0.684. The van der Waals surface area contributed by atoms with Crippen LogP contribution in [0.5, 0.6) is 0 Å². The van der Waals surface area contributed by atoms with E-state index in [1.807, 2.05) is 36.1 Å². The summed E-state index contributed by atoms with van der Waals surface area (Å²) >= 11 is 1.44. The maximum Gasteiger partial charge on any atom is 0.324 e. The highest BCUT2D eigenvalue weighted by molar-refractivity contribution is 7.22. The van der Waals surface area contributed by atoms with Gasteiger partial charge in [0.25, 0.3) is 0 Å². The number of halogens is 1. The summed E-state index contributed by atoms with van der Waals surface area (Å²) in [6, 6.07) is 8.83. The molecule has 1 aliphatic rings. The van der Waals surface area contributed by atoms with E-state index in [0.29, 0.717) is 36.8 Å². The molecule has 0 radical (unpaired) electrons. The minimum absolute atomic E-state index is 0.0417. The Hall–Kier alpha value is -2.78. The Morgan fingerprint density at radius 1 is 1.38 bits per heavy atom. The van der Waals surface area contributed by atoms with Crippen molar-refractivity contribution < 1.29 is 14.3 Å². The lowest BCUT2D eigenvalue weighted by Gasteiger charge is -2.40. The van der Waals surface area contributed by atoms with Crippen LogP contribution in [0.15, 0.2) is 36.5 Å². The van der Waals surface area contributed by atoms with Crippen LogP contribution in [-0.4, -0.2) is 58.3 Å². The first-order valence-electron chi connectivity index (χ1n) is 9.48. The molecule has 3 aromatic rings. The molecule has 1 unspecified atom stereocenters. The summed E-state index contributed by atoms with van der Waals surface area (Å²) in [5, 5.41) is 12.4. The van der Waals surface area contributed by atoms with Gasteiger partial charge >= 0.3 is 6.03 Å². The highest BCUT2D eigenvalue weighted by Gasteiger charge is 2.29. The third-order valence-electron chi connectivity index (χ3n) is 4.97. The van der Waals surface area contributed by atoms with E-state index in [-0.39, 0.29) is 24.5 Å². The van der Waals surface area contributed by atoms with Gasteiger partial charge in [0.15, 0.2) is 16.8 Å². The molecule has 152 valence electrons. The number of thiazole rings is 1. The minimum atomic E-state index is -0.407. The molecular weight excluding hydrogens is 393 g/mol. The van der Waals surface area contributed by atoms with Gasteiger partial charge < -0.3 is 14.9 Å². The average Bonchev–Trinajstić information content (AvgIpc) is 3.10. The number of urea groups is 1. The zero-order valence-electron chi connectivity index (χ0n) is 16.0. The first-order valence-corrected chi connectivity index (χ1v) is 10.3. The van der Waals surface area contributed by atoms with E-state index in [1.54, 1.807) is 11.1 Å². The summed E-state index contributed by atoms with van der Waals surface area (Å²) in [6.07, 6.45) is 1.96. The van der Waals surface area contributed by atoms with E-state index in [0.717, 1.165) is 10.2 Å². The third kappa shape index (κ3) is 4.15.